The van der Waals surface area contributed by atoms with E-state index in [9.17, 15) is 0 Å². The van der Waals surface area contributed by atoms with Crippen molar-refractivity contribution in [3.05, 3.63) is 23.4 Å². The van der Waals surface area contributed by atoms with Gasteiger partial charge < -0.3 is 10.1 Å². The fourth-order valence-corrected chi connectivity index (χ4v) is 1.12. The molecule has 0 radical (unpaired) electrons. The first-order valence-corrected chi connectivity index (χ1v) is 4.47. The molecule has 3 nitrogen and oxygen atoms in total. The lowest BCUT2D eigenvalue weighted by Gasteiger charge is -2.12. The molecule has 0 amide bonds. The number of anilines is 1. The van der Waals surface area contributed by atoms with E-state index in [4.69, 9.17) is 16.3 Å². The Morgan fingerprint density at radius 1 is 1.62 bits per heavy atom. The fourth-order valence-electron chi connectivity index (χ4n) is 1.01. The van der Waals surface area contributed by atoms with Gasteiger partial charge in [-0.05, 0) is 19.1 Å². The average molecular weight is 201 g/mol. The molecule has 0 bridgehead atoms. The van der Waals surface area contributed by atoms with Gasteiger partial charge in [-0.25, -0.2) is 4.98 Å². The van der Waals surface area contributed by atoms with Gasteiger partial charge in [0.05, 0.1) is 11.6 Å². The molecule has 1 N–H and O–H groups in total. The van der Waals surface area contributed by atoms with Gasteiger partial charge in [0.15, 0.2) is 0 Å². The Balaban J connectivity index is 2.49. The molecular formula is C9H13ClN2O. The fraction of sp³-hybridized carbons (Fsp3) is 0.444. The van der Waals surface area contributed by atoms with Crippen molar-refractivity contribution in [1.29, 1.82) is 0 Å². The molecule has 4 heteroatoms. The summed E-state index contributed by atoms with van der Waals surface area (Å²) in [6.45, 7) is 2.68. The van der Waals surface area contributed by atoms with E-state index in [1.165, 1.54) is 0 Å². The lowest BCUT2D eigenvalue weighted by atomic mass is 10.3. The molecule has 72 valence electrons. The lowest BCUT2D eigenvalue weighted by Crippen LogP contribution is -2.21. The first kappa shape index (κ1) is 10.3. The number of rotatable bonds is 4. The molecule has 0 saturated carbocycles. The van der Waals surface area contributed by atoms with Crippen molar-refractivity contribution in [2.45, 2.75) is 13.0 Å². The number of nitrogens with zero attached hydrogens (tertiary/aromatic N) is 1. The van der Waals surface area contributed by atoms with Crippen molar-refractivity contribution in [2.24, 2.45) is 0 Å². The highest BCUT2D eigenvalue weighted by Gasteiger charge is 2.00. The normalized spacial score (nSPS) is 12.5. The summed E-state index contributed by atoms with van der Waals surface area (Å²) in [7, 11) is 1.67. The van der Waals surface area contributed by atoms with E-state index in [1.807, 2.05) is 13.0 Å². The first-order chi connectivity index (χ1) is 6.22. The first-order valence-electron chi connectivity index (χ1n) is 4.09. The van der Waals surface area contributed by atoms with Crippen molar-refractivity contribution >= 4 is 17.4 Å². The highest BCUT2D eigenvalue weighted by molar-refractivity contribution is 6.30. The Kier molecular flexibility index (Phi) is 3.99. The summed E-state index contributed by atoms with van der Waals surface area (Å²) in [4.78, 5) is 4.10. The number of nitrogens with one attached hydrogen (secondary N) is 1. The molecule has 1 heterocycles. The van der Waals surface area contributed by atoms with Crippen molar-refractivity contribution in [3.8, 4) is 0 Å². The van der Waals surface area contributed by atoms with E-state index < -0.39 is 0 Å². The summed E-state index contributed by atoms with van der Waals surface area (Å²) >= 11 is 5.69. The molecule has 0 aliphatic heterocycles. The van der Waals surface area contributed by atoms with Gasteiger partial charge in [-0.3, -0.25) is 0 Å². The van der Waals surface area contributed by atoms with Crippen LogP contribution in [-0.2, 0) is 4.74 Å². The van der Waals surface area contributed by atoms with Crippen molar-refractivity contribution in [1.82, 2.24) is 4.98 Å². The monoisotopic (exact) mass is 200 g/mol. The zero-order valence-electron chi connectivity index (χ0n) is 7.75. The minimum atomic E-state index is 0.249. The second kappa shape index (κ2) is 5.04. The van der Waals surface area contributed by atoms with Gasteiger partial charge in [0.2, 0.25) is 0 Å². The van der Waals surface area contributed by atoms with E-state index in [2.05, 4.69) is 10.3 Å². The maximum absolute atomic E-state index is 5.69. The molecular weight excluding hydrogens is 188 g/mol. The van der Waals surface area contributed by atoms with Crippen LogP contribution in [0.5, 0.6) is 0 Å². The molecule has 0 fully saturated rings. The Bertz CT molecular complexity index is 250. The third-order valence-electron chi connectivity index (χ3n) is 1.54. The van der Waals surface area contributed by atoms with Crippen LogP contribution in [0.3, 0.4) is 0 Å². The predicted molar refractivity (Wildman–Crippen MR) is 54.2 cm³/mol. The van der Waals surface area contributed by atoms with Gasteiger partial charge in [-0.2, -0.15) is 0 Å². The molecule has 0 aliphatic rings. The summed E-state index contributed by atoms with van der Waals surface area (Å²) in [6, 6.07) is 3.89. The summed E-state index contributed by atoms with van der Waals surface area (Å²) in [5.41, 5.74) is 0. The van der Waals surface area contributed by atoms with Crippen LogP contribution in [0.25, 0.3) is 0 Å². The zero-order valence-corrected chi connectivity index (χ0v) is 8.51. The maximum atomic E-state index is 5.69. The second-order valence-corrected chi connectivity index (χ2v) is 3.30. The van der Waals surface area contributed by atoms with Gasteiger partial charge in [0.25, 0.3) is 0 Å². The SMILES string of the molecule is COCC(C)Nc1ccc(Cl)cn1. The minimum absolute atomic E-state index is 0.249. The maximum Gasteiger partial charge on any atom is 0.126 e. The molecule has 1 rings (SSSR count). The molecule has 1 aromatic rings. The van der Waals surface area contributed by atoms with Crippen molar-refractivity contribution in [3.63, 3.8) is 0 Å². The van der Waals surface area contributed by atoms with Crippen molar-refractivity contribution < 1.29 is 4.74 Å². The van der Waals surface area contributed by atoms with Crippen molar-refractivity contribution in [2.75, 3.05) is 19.0 Å². The topological polar surface area (TPSA) is 34.1 Å². The number of hydrogen-bond donors (Lipinski definition) is 1. The quantitative estimate of drug-likeness (QED) is 0.809. The summed E-state index contributed by atoms with van der Waals surface area (Å²) in [5, 5.41) is 3.82. The largest absolute Gasteiger partial charge is 0.383 e. The smallest absolute Gasteiger partial charge is 0.126 e. The molecule has 1 unspecified atom stereocenters. The van der Waals surface area contributed by atoms with Crippen LogP contribution in [0.15, 0.2) is 18.3 Å². The van der Waals surface area contributed by atoms with Gasteiger partial charge in [-0.15, -0.1) is 0 Å². The second-order valence-electron chi connectivity index (χ2n) is 2.86. The third-order valence-corrected chi connectivity index (χ3v) is 1.76. The molecule has 1 aromatic heterocycles. The number of ether oxygens (including phenoxy) is 1. The molecule has 0 saturated heterocycles. The Hall–Kier alpha value is -0.800. The minimum Gasteiger partial charge on any atom is -0.383 e. The van der Waals surface area contributed by atoms with Crippen LogP contribution in [0.1, 0.15) is 6.92 Å². The Morgan fingerprint density at radius 2 is 2.38 bits per heavy atom. The standard InChI is InChI=1S/C9H13ClN2O/c1-7(6-13-2)12-9-4-3-8(10)5-11-9/h3-5,7H,6H2,1-2H3,(H,11,12). The average Bonchev–Trinajstić information content (AvgIpc) is 2.09. The third kappa shape index (κ3) is 3.61. The molecule has 0 spiro atoms. The van der Waals surface area contributed by atoms with E-state index in [0.29, 0.717) is 11.6 Å². The molecule has 1 atom stereocenters. The van der Waals surface area contributed by atoms with E-state index in [0.717, 1.165) is 5.82 Å². The van der Waals surface area contributed by atoms with Crippen LogP contribution < -0.4 is 5.32 Å². The van der Waals surface area contributed by atoms with E-state index in [1.54, 1.807) is 19.4 Å². The zero-order chi connectivity index (χ0) is 9.68. The Labute approximate surface area is 83.1 Å². The molecule has 0 aliphatic carbocycles. The van der Waals surface area contributed by atoms with Crippen LogP contribution in [0.4, 0.5) is 5.82 Å². The van der Waals surface area contributed by atoms with Gasteiger partial charge in [0.1, 0.15) is 5.82 Å². The summed E-state index contributed by atoms with van der Waals surface area (Å²) < 4.78 is 4.98. The molecule has 13 heavy (non-hydrogen) atoms. The Morgan fingerprint density at radius 3 is 2.92 bits per heavy atom. The number of hydrogen-bond acceptors (Lipinski definition) is 3. The van der Waals surface area contributed by atoms with E-state index in [-0.39, 0.29) is 6.04 Å². The van der Waals surface area contributed by atoms with Crippen LogP contribution >= 0.6 is 11.6 Å². The van der Waals surface area contributed by atoms with Gasteiger partial charge >= 0.3 is 0 Å². The van der Waals surface area contributed by atoms with Gasteiger partial charge in [-0.1, -0.05) is 11.6 Å². The van der Waals surface area contributed by atoms with Crippen LogP contribution in [-0.4, -0.2) is 24.7 Å². The highest BCUT2D eigenvalue weighted by atomic mass is 35.5. The van der Waals surface area contributed by atoms with Gasteiger partial charge in [0, 0.05) is 19.3 Å². The predicted octanol–water partition coefficient (Wildman–Crippen LogP) is 2.18. The van der Waals surface area contributed by atoms with Crippen LogP contribution in [0, 0.1) is 0 Å². The summed E-state index contributed by atoms with van der Waals surface area (Å²) in [6.07, 6.45) is 1.61. The number of methoxy groups -OCH3 is 1. The van der Waals surface area contributed by atoms with E-state index >= 15 is 0 Å². The summed E-state index contributed by atoms with van der Waals surface area (Å²) in [5.74, 6) is 0.814. The number of halogens is 1. The highest BCUT2D eigenvalue weighted by Crippen LogP contribution is 2.10. The lowest BCUT2D eigenvalue weighted by molar-refractivity contribution is 0.190. The van der Waals surface area contributed by atoms with Crippen LogP contribution in [0.2, 0.25) is 5.02 Å². The number of pyridine rings is 1. The molecule has 0 aromatic carbocycles. The number of aromatic nitrogens is 1.